The molecule has 0 saturated heterocycles. The molecule has 0 heterocycles. The first-order chi connectivity index (χ1) is 29.2. The first-order valence-electron chi connectivity index (χ1n) is 21.8. The number of rotatable bonds is 7. The maximum atomic E-state index is 2.55. The predicted molar refractivity (Wildman–Crippen MR) is 246 cm³/mol. The maximum absolute atomic E-state index is 2.55. The summed E-state index contributed by atoms with van der Waals surface area (Å²) in [5, 5.41) is 0. The van der Waals surface area contributed by atoms with E-state index in [0.717, 1.165) is 35.0 Å². The van der Waals surface area contributed by atoms with Crippen LogP contribution in [-0.2, 0) is 5.41 Å². The summed E-state index contributed by atoms with van der Waals surface area (Å²) in [7, 11) is 0. The van der Waals surface area contributed by atoms with Crippen molar-refractivity contribution in [3.63, 3.8) is 0 Å². The summed E-state index contributed by atoms with van der Waals surface area (Å²) < 4.78 is 0. The molecule has 0 aromatic heterocycles. The summed E-state index contributed by atoms with van der Waals surface area (Å²) in [6.07, 6.45) is 7.07. The molecule has 1 nitrogen and oxygen atoms in total. The van der Waals surface area contributed by atoms with Crippen LogP contribution in [0.2, 0.25) is 0 Å². The van der Waals surface area contributed by atoms with Crippen molar-refractivity contribution in [1.29, 1.82) is 0 Å². The number of benzene rings is 8. The zero-order chi connectivity index (χ0) is 38.9. The second-order valence-corrected chi connectivity index (χ2v) is 17.8. The largest absolute Gasteiger partial charge is 0.310 e. The average Bonchev–Trinajstić information content (AvgIpc) is 3.59. The van der Waals surface area contributed by atoms with Gasteiger partial charge in [0.15, 0.2) is 0 Å². The van der Waals surface area contributed by atoms with Gasteiger partial charge in [0.1, 0.15) is 0 Å². The standard InChI is InChI=1S/C58H47N/c1-3-9-41(10-4-1)43-15-19-45(20-16-43)47-23-27-51(28-24-47)59(52-29-25-48(26-30-52)46-21-17-44(18-22-46)42-11-5-2-6-12-42)53-31-32-57-55(38-53)54-13-7-8-14-56(54)58(57)49-34-39-33-40(36-49)37-50(58)35-39/h1-32,38-40,49-50H,33-37H2. The molecule has 4 saturated carbocycles. The van der Waals surface area contributed by atoms with Gasteiger partial charge in [-0.05, 0) is 159 Å². The van der Waals surface area contributed by atoms with Gasteiger partial charge >= 0.3 is 0 Å². The van der Waals surface area contributed by atoms with Gasteiger partial charge in [-0.1, -0.05) is 164 Å². The highest BCUT2D eigenvalue weighted by Crippen LogP contribution is 2.69. The third-order valence-corrected chi connectivity index (χ3v) is 14.7. The number of fused-ring (bicyclic) bond motifs is 3. The average molecular weight is 758 g/mol. The molecule has 4 fully saturated rings. The normalized spacial score (nSPS) is 22.0. The fourth-order valence-electron chi connectivity index (χ4n) is 12.3. The van der Waals surface area contributed by atoms with E-state index in [0.29, 0.717) is 0 Å². The summed E-state index contributed by atoms with van der Waals surface area (Å²) in [5.74, 6) is 3.38. The second-order valence-electron chi connectivity index (χ2n) is 17.8. The van der Waals surface area contributed by atoms with Gasteiger partial charge in [-0.15, -0.1) is 0 Å². The van der Waals surface area contributed by atoms with Gasteiger partial charge in [-0.2, -0.15) is 0 Å². The van der Waals surface area contributed by atoms with Crippen molar-refractivity contribution in [2.45, 2.75) is 37.5 Å². The van der Waals surface area contributed by atoms with E-state index in [1.807, 2.05) is 0 Å². The molecule has 13 rings (SSSR count). The molecule has 8 aromatic carbocycles. The van der Waals surface area contributed by atoms with Gasteiger partial charge < -0.3 is 4.90 Å². The van der Waals surface area contributed by atoms with Gasteiger partial charge in [-0.25, -0.2) is 0 Å². The minimum absolute atomic E-state index is 0.165. The Morgan fingerprint density at radius 1 is 0.305 bits per heavy atom. The van der Waals surface area contributed by atoms with Crippen LogP contribution in [0.1, 0.15) is 43.2 Å². The van der Waals surface area contributed by atoms with Crippen LogP contribution in [0.15, 0.2) is 200 Å². The van der Waals surface area contributed by atoms with Crippen molar-refractivity contribution >= 4 is 17.1 Å². The minimum atomic E-state index is 0.165. The van der Waals surface area contributed by atoms with Crippen LogP contribution in [0.5, 0.6) is 0 Å². The monoisotopic (exact) mass is 757 g/mol. The Hall–Kier alpha value is -6.44. The van der Waals surface area contributed by atoms with Crippen LogP contribution in [0.4, 0.5) is 17.1 Å². The van der Waals surface area contributed by atoms with Crippen molar-refractivity contribution in [1.82, 2.24) is 0 Å². The van der Waals surface area contributed by atoms with Gasteiger partial charge in [0.25, 0.3) is 0 Å². The number of hydrogen-bond acceptors (Lipinski definition) is 1. The zero-order valence-corrected chi connectivity index (χ0v) is 33.3. The quantitative estimate of drug-likeness (QED) is 0.156. The summed E-state index contributed by atoms with van der Waals surface area (Å²) >= 11 is 0. The molecular weight excluding hydrogens is 711 g/mol. The minimum Gasteiger partial charge on any atom is -0.310 e. The third kappa shape index (κ3) is 5.66. The Kier molecular flexibility index (Phi) is 8.12. The number of anilines is 3. The molecule has 0 N–H and O–H groups in total. The summed E-state index contributed by atoms with van der Waals surface area (Å²) in [5.41, 5.74) is 19.6. The van der Waals surface area contributed by atoms with Crippen LogP contribution in [0, 0.1) is 23.7 Å². The van der Waals surface area contributed by atoms with Crippen LogP contribution < -0.4 is 4.90 Å². The van der Waals surface area contributed by atoms with Gasteiger partial charge in [0.2, 0.25) is 0 Å². The molecule has 0 aliphatic heterocycles. The molecule has 0 atom stereocenters. The molecule has 284 valence electrons. The molecule has 0 unspecified atom stereocenters. The first-order valence-corrected chi connectivity index (χ1v) is 21.8. The van der Waals surface area contributed by atoms with E-state index in [1.165, 1.54) is 93.4 Å². The van der Waals surface area contributed by atoms with Crippen LogP contribution in [0.25, 0.3) is 55.6 Å². The Morgan fingerprint density at radius 3 is 1.12 bits per heavy atom. The number of hydrogen-bond donors (Lipinski definition) is 0. The van der Waals surface area contributed by atoms with Gasteiger partial charge in [-0.3, -0.25) is 0 Å². The lowest BCUT2D eigenvalue weighted by molar-refractivity contribution is -0.0399. The zero-order valence-electron chi connectivity index (χ0n) is 33.3. The fourth-order valence-corrected chi connectivity index (χ4v) is 12.3. The van der Waals surface area contributed by atoms with E-state index in [2.05, 4.69) is 205 Å². The van der Waals surface area contributed by atoms with Gasteiger partial charge in [0.05, 0.1) is 0 Å². The van der Waals surface area contributed by atoms with Crippen LogP contribution >= 0.6 is 0 Å². The van der Waals surface area contributed by atoms with Crippen LogP contribution in [-0.4, -0.2) is 0 Å². The smallest absolute Gasteiger partial charge is 0.0468 e. The topological polar surface area (TPSA) is 3.24 Å². The summed E-state index contributed by atoms with van der Waals surface area (Å²) in [6, 6.07) is 74.5. The Morgan fingerprint density at radius 2 is 0.661 bits per heavy atom. The second kappa shape index (κ2) is 13.8. The lowest BCUT2D eigenvalue weighted by Crippen LogP contribution is -2.55. The van der Waals surface area contributed by atoms with Crippen molar-refractivity contribution in [3.05, 3.63) is 211 Å². The van der Waals surface area contributed by atoms with E-state index < -0.39 is 0 Å². The van der Waals surface area contributed by atoms with Crippen LogP contribution in [0.3, 0.4) is 0 Å². The highest BCUT2D eigenvalue weighted by Gasteiger charge is 2.61. The molecular formula is C58H47N. The SMILES string of the molecule is c1ccc(-c2ccc(-c3ccc(N(c4ccc(-c5ccc(-c6ccccc6)cc5)cc4)c4ccc5c(c4)-c4ccccc4C54C5CC6CC(C5)CC4C6)cc3)cc2)cc1. The third-order valence-electron chi connectivity index (χ3n) is 14.7. The fraction of sp³-hybridized carbons (Fsp3) is 0.172. The Balaban J connectivity index is 0.931. The summed E-state index contributed by atoms with van der Waals surface area (Å²) in [6.45, 7) is 0. The van der Waals surface area contributed by atoms with Gasteiger partial charge in [0, 0.05) is 22.5 Å². The molecule has 1 spiro atoms. The lowest BCUT2D eigenvalue weighted by Gasteiger charge is -2.61. The molecule has 0 amide bonds. The van der Waals surface area contributed by atoms with E-state index in [4.69, 9.17) is 0 Å². The van der Waals surface area contributed by atoms with Crippen molar-refractivity contribution in [2.24, 2.45) is 23.7 Å². The van der Waals surface area contributed by atoms with E-state index in [-0.39, 0.29) is 5.41 Å². The maximum Gasteiger partial charge on any atom is 0.0468 e. The molecule has 5 aliphatic carbocycles. The summed E-state index contributed by atoms with van der Waals surface area (Å²) in [4.78, 5) is 2.47. The lowest BCUT2D eigenvalue weighted by atomic mass is 9.43. The molecule has 8 aromatic rings. The van der Waals surface area contributed by atoms with E-state index in [9.17, 15) is 0 Å². The van der Waals surface area contributed by atoms with E-state index in [1.54, 1.807) is 11.1 Å². The Bertz CT molecular complexity index is 2630. The Labute approximate surface area is 348 Å². The van der Waals surface area contributed by atoms with Crippen molar-refractivity contribution in [2.75, 3.05) is 4.90 Å². The molecule has 5 aliphatic rings. The molecule has 1 heteroatoms. The predicted octanol–water partition coefficient (Wildman–Crippen LogP) is 15.5. The molecule has 0 radical (unpaired) electrons. The first kappa shape index (κ1) is 34.6. The van der Waals surface area contributed by atoms with Crippen molar-refractivity contribution < 1.29 is 0 Å². The highest BCUT2D eigenvalue weighted by atomic mass is 15.1. The molecule has 59 heavy (non-hydrogen) atoms. The number of nitrogens with zero attached hydrogens (tertiary/aromatic N) is 1. The highest BCUT2D eigenvalue weighted by molar-refractivity contribution is 5.88. The van der Waals surface area contributed by atoms with Crippen molar-refractivity contribution in [3.8, 4) is 55.6 Å². The molecule has 4 bridgehead atoms. The van der Waals surface area contributed by atoms with E-state index >= 15 is 0 Å².